The molecule has 0 saturated heterocycles. The first-order valence-corrected chi connectivity index (χ1v) is 5.77. The van der Waals surface area contributed by atoms with E-state index in [1.165, 1.54) is 0 Å². The van der Waals surface area contributed by atoms with Crippen LogP contribution in [0.25, 0.3) is 0 Å². The molecular formula is C14H14N4. The molecule has 0 unspecified atom stereocenters. The molecule has 0 amide bonds. The minimum absolute atomic E-state index is 0.598. The van der Waals surface area contributed by atoms with Gasteiger partial charge in [-0.25, -0.2) is 4.98 Å². The second-order valence-electron chi connectivity index (χ2n) is 3.98. The van der Waals surface area contributed by atoms with E-state index in [2.05, 4.69) is 16.0 Å². The molecule has 18 heavy (non-hydrogen) atoms. The zero-order chi connectivity index (χ0) is 12.8. The normalized spacial score (nSPS) is 9.78. The fourth-order valence-corrected chi connectivity index (χ4v) is 1.72. The topological polar surface area (TPSA) is 52.8 Å². The lowest BCUT2D eigenvalue weighted by Gasteiger charge is -2.18. The molecule has 0 N–H and O–H groups in total. The summed E-state index contributed by atoms with van der Waals surface area (Å²) in [5.74, 6) is 0.718. The second-order valence-corrected chi connectivity index (χ2v) is 3.98. The van der Waals surface area contributed by atoms with Crippen molar-refractivity contribution in [3.05, 3.63) is 54.0 Å². The van der Waals surface area contributed by atoms with Crippen LogP contribution < -0.4 is 4.90 Å². The van der Waals surface area contributed by atoms with Gasteiger partial charge in [-0.05, 0) is 24.3 Å². The van der Waals surface area contributed by atoms with Crippen LogP contribution in [-0.2, 0) is 6.42 Å². The fourth-order valence-electron chi connectivity index (χ4n) is 1.72. The van der Waals surface area contributed by atoms with Crippen LogP contribution in [-0.4, -0.2) is 23.6 Å². The van der Waals surface area contributed by atoms with Gasteiger partial charge >= 0.3 is 0 Å². The molecule has 0 saturated carbocycles. The van der Waals surface area contributed by atoms with Crippen LogP contribution in [0.15, 0.2) is 42.7 Å². The number of pyridine rings is 2. The molecule has 0 atom stereocenters. The van der Waals surface area contributed by atoms with Crippen LogP contribution in [0, 0.1) is 11.3 Å². The van der Waals surface area contributed by atoms with Crippen molar-refractivity contribution >= 4 is 5.82 Å². The van der Waals surface area contributed by atoms with Crippen molar-refractivity contribution in [1.82, 2.24) is 9.97 Å². The Labute approximate surface area is 107 Å². The molecule has 0 spiro atoms. The molecule has 0 aliphatic rings. The summed E-state index contributed by atoms with van der Waals surface area (Å²) in [4.78, 5) is 10.5. The van der Waals surface area contributed by atoms with Crippen LogP contribution in [0.5, 0.6) is 0 Å². The summed E-state index contributed by atoms with van der Waals surface area (Å²) in [7, 11) is 1.94. The third kappa shape index (κ3) is 2.83. The van der Waals surface area contributed by atoms with Crippen molar-refractivity contribution in [3.8, 4) is 6.07 Å². The van der Waals surface area contributed by atoms with Gasteiger partial charge in [0.2, 0.25) is 0 Å². The summed E-state index contributed by atoms with van der Waals surface area (Å²) in [5.41, 5.74) is 1.64. The molecule has 4 nitrogen and oxygen atoms in total. The molecule has 4 heteroatoms. The minimum atomic E-state index is 0.598. The maximum atomic E-state index is 9.02. The van der Waals surface area contributed by atoms with Crippen LogP contribution in [0.1, 0.15) is 11.3 Å². The van der Waals surface area contributed by atoms with E-state index < -0.39 is 0 Å². The number of anilines is 1. The quantitative estimate of drug-likeness (QED) is 0.817. The highest BCUT2D eigenvalue weighted by Gasteiger charge is 2.08. The molecule has 0 bridgehead atoms. The lowest BCUT2D eigenvalue weighted by molar-refractivity contribution is 0.837. The summed E-state index contributed by atoms with van der Waals surface area (Å²) in [6.07, 6.45) is 4.32. The van der Waals surface area contributed by atoms with Crippen molar-refractivity contribution in [2.24, 2.45) is 0 Å². The molecule has 0 aliphatic heterocycles. The highest BCUT2D eigenvalue weighted by molar-refractivity contribution is 5.52. The Bertz CT molecular complexity index is 545. The largest absolute Gasteiger partial charge is 0.358 e. The van der Waals surface area contributed by atoms with E-state index in [1.54, 1.807) is 24.5 Å². The van der Waals surface area contributed by atoms with E-state index >= 15 is 0 Å². The Morgan fingerprint density at radius 1 is 1.17 bits per heavy atom. The highest BCUT2D eigenvalue weighted by atomic mass is 15.2. The van der Waals surface area contributed by atoms with Gasteiger partial charge in [-0.15, -0.1) is 0 Å². The molecule has 2 aromatic heterocycles. The van der Waals surface area contributed by atoms with E-state index in [0.29, 0.717) is 5.56 Å². The van der Waals surface area contributed by atoms with E-state index in [4.69, 9.17) is 5.26 Å². The summed E-state index contributed by atoms with van der Waals surface area (Å²) >= 11 is 0. The molecule has 0 radical (unpaired) electrons. The first-order valence-electron chi connectivity index (χ1n) is 5.77. The number of nitriles is 1. The van der Waals surface area contributed by atoms with Gasteiger partial charge in [0.1, 0.15) is 11.9 Å². The Hall–Kier alpha value is -2.41. The SMILES string of the molecule is CN(CCc1ccccn1)c1ncccc1C#N. The van der Waals surface area contributed by atoms with Gasteiger partial charge < -0.3 is 4.90 Å². The third-order valence-corrected chi connectivity index (χ3v) is 2.70. The lowest BCUT2D eigenvalue weighted by atomic mass is 10.2. The highest BCUT2D eigenvalue weighted by Crippen LogP contribution is 2.14. The zero-order valence-electron chi connectivity index (χ0n) is 10.2. The third-order valence-electron chi connectivity index (χ3n) is 2.70. The molecule has 0 aromatic carbocycles. The van der Waals surface area contributed by atoms with Gasteiger partial charge in [-0.3, -0.25) is 4.98 Å². The molecule has 0 fully saturated rings. The van der Waals surface area contributed by atoms with Crippen molar-refractivity contribution in [1.29, 1.82) is 5.26 Å². The molecule has 2 rings (SSSR count). The van der Waals surface area contributed by atoms with Crippen molar-refractivity contribution < 1.29 is 0 Å². The number of nitrogens with zero attached hydrogens (tertiary/aromatic N) is 4. The van der Waals surface area contributed by atoms with Crippen molar-refractivity contribution in [2.45, 2.75) is 6.42 Å². The first-order chi connectivity index (χ1) is 8.81. The maximum Gasteiger partial charge on any atom is 0.146 e. The predicted molar refractivity (Wildman–Crippen MR) is 70.2 cm³/mol. The Kier molecular flexibility index (Phi) is 3.87. The van der Waals surface area contributed by atoms with Gasteiger partial charge in [0.15, 0.2) is 0 Å². The Balaban J connectivity index is 2.04. The minimum Gasteiger partial charge on any atom is -0.358 e. The Morgan fingerprint density at radius 2 is 2.00 bits per heavy atom. The van der Waals surface area contributed by atoms with E-state index in [-0.39, 0.29) is 0 Å². The summed E-state index contributed by atoms with van der Waals surface area (Å²) in [6.45, 7) is 0.780. The standard InChI is InChI=1S/C14H14N4/c1-18(10-7-13-6-2-3-8-16-13)14-12(11-15)5-4-9-17-14/h2-6,8-9H,7,10H2,1H3. The van der Waals surface area contributed by atoms with Crippen molar-refractivity contribution in [2.75, 3.05) is 18.5 Å². The molecule has 2 heterocycles. The molecule has 2 aromatic rings. The number of rotatable bonds is 4. The molecular weight excluding hydrogens is 224 g/mol. The van der Waals surface area contributed by atoms with Crippen LogP contribution in [0.2, 0.25) is 0 Å². The van der Waals surface area contributed by atoms with Crippen LogP contribution in [0.4, 0.5) is 5.82 Å². The predicted octanol–water partition coefficient (Wildman–Crippen LogP) is 2.03. The average Bonchev–Trinajstić information content (AvgIpc) is 2.45. The number of hydrogen-bond acceptors (Lipinski definition) is 4. The van der Waals surface area contributed by atoms with Crippen molar-refractivity contribution in [3.63, 3.8) is 0 Å². The monoisotopic (exact) mass is 238 g/mol. The summed E-state index contributed by atoms with van der Waals surface area (Å²) in [5, 5.41) is 9.02. The Morgan fingerprint density at radius 3 is 2.72 bits per heavy atom. The number of hydrogen-bond donors (Lipinski definition) is 0. The average molecular weight is 238 g/mol. The van der Waals surface area contributed by atoms with Crippen LogP contribution >= 0.6 is 0 Å². The van der Waals surface area contributed by atoms with E-state index in [1.807, 2.05) is 30.1 Å². The van der Waals surface area contributed by atoms with E-state index in [9.17, 15) is 0 Å². The van der Waals surface area contributed by atoms with Gasteiger partial charge in [0.25, 0.3) is 0 Å². The maximum absolute atomic E-state index is 9.02. The zero-order valence-corrected chi connectivity index (χ0v) is 10.2. The number of likely N-dealkylation sites (N-methyl/N-ethyl adjacent to an activating group) is 1. The molecule has 90 valence electrons. The van der Waals surface area contributed by atoms with Gasteiger partial charge in [-0.1, -0.05) is 6.07 Å². The second kappa shape index (κ2) is 5.78. The fraction of sp³-hybridized carbons (Fsp3) is 0.214. The smallest absolute Gasteiger partial charge is 0.146 e. The summed E-state index contributed by atoms with van der Waals surface area (Å²) in [6, 6.07) is 11.6. The van der Waals surface area contributed by atoms with Gasteiger partial charge in [-0.2, -0.15) is 5.26 Å². The van der Waals surface area contributed by atoms with Gasteiger partial charge in [0, 0.05) is 38.1 Å². The van der Waals surface area contributed by atoms with Crippen LogP contribution in [0.3, 0.4) is 0 Å². The molecule has 0 aliphatic carbocycles. The lowest BCUT2D eigenvalue weighted by Crippen LogP contribution is -2.22. The summed E-state index contributed by atoms with van der Waals surface area (Å²) < 4.78 is 0. The number of aromatic nitrogens is 2. The van der Waals surface area contributed by atoms with E-state index in [0.717, 1.165) is 24.5 Å². The first kappa shape index (κ1) is 12.1. The van der Waals surface area contributed by atoms with Gasteiger partial charge in [0.05, 0.1) is 5.56 Å².